The summed E-state index contributed by atoms with van der Waals surface area (Å²) >= 11 is 0. The summed E-state index contributed by atoms with van der Waals surface area (Å²) in [6, 6.07) is 3.80. The minimum absolute atomic E-state index is 0.196. The number of aryl methyl sites for hydroxylation is 1. The van der Waals surface area contributed by atoms with Crippen LogP contribution in [0.1, 0.15) is 43.9 Å². The first-order chi connectivity index (χ1) is 7.21. The fourth-order valence-electron chi connectivity index (χ4n) is 3.42. The lowest BCUT2D eigenvalue weighted by molar-refractivity contribution is 0.283. The van der Waals surface area contributed by atoms with Gasteiger partial charge in [0.2, 0.25) is 0 Å². The zero-order valence-corrected chi connectivity index (χ0v) is 9.25. The summed E-state index contributed by atoms with van der Waals surface area (Å²) in [4.78, 5) is 11.8. The molecule has 0 fully saturated rings. The second-order valence-corrected chi connectivity index (χ2v) is 5.21. The molecule has 0 bridgehead atoms. The molecule has 0 spiro atoms. The van der Waals surface area contributed by atoms with Crippen LogP contribution in [0.2, 0.25) is 0 Å². The van der Waals surface area contributed by atoms with E-state index in [1.807, 2.05) is 4.57 Å². The number of rotatable bonds is 0. The Kier molecular flexibility index (Phi) is 1.82. The van der Waals surface area contributed by atoms with E-state index in [4.69, 9.17) is 0 Å². The SMILES string of the molecule is CC12CCCc3ccc(=O)n(c31)CCC2. The largest absolute Gasteiger partial charge is 0.312 e. The van der Waals surface area contributed by atoms with Crippen molar-refractivity contribution in [2.45, 2.75) is 51.0 Å². The van der Waals surface area contributed by atoms with Gasteiger partial charge in [-0.25, -0.2) is 0 Å². The molecule has 1 aromatic rings. The molecular formula is C13H17NO. The van der Waals surface area contributed by atoms with E-state index in [2.05, 4.69) is 13.0 Å². The lowest BCUT2D eigenvalue weighted by Gasteiger charge is -2.41. The van der Waals surface area contributed by atoms with Crippen molar-refractivity contribution in [3.63, 3.8) is 0 Å². The van der Waals surface area contributed by atoms with Gasteiger partial charge in [0.25, 0.3) is 5.56 Å². The fraction of sp³-hybridized carbons (Fsp3) is 0.615. The zero-order valence-electron chi connectivity index (χ0n) is 9.25. The molecule has 2 heterocycles. The fourth-order valence-corrected chi connectivity index (χ4v) is 3.42. The number of pyridine rings is 1. The van der Waals surface area contributed by atoms with Crippen molar-refractivity contribution in [1.82, 2.24) is 4.57 Å². The van der Waals surface area contributed by atoms with Gasteiger partial charge in [0.15, 0.2) is 0 Å². The molecule has 0 saturated carbocycles. The van der Waals surface area contributed by atoms with Gasteiger partial charge in [-0.2, -0.15) is 0 Å². The molecule has 0 amide bonds. The smallest absolute Gasteiger partial charge is 0.250 e. The molecule has 1 aliphatic carbocycles. The second-order valence-electron chi connectivity index (χ2n) is 5.21. The van der Waals surface area contributed by atoms with Crippen LogP contribution in [0.15, 0.2) is 16.9 Å². The first-order valence-corrected chi connectivity index (χ1v) is 5.94. The van der Waals surface area contributed by atoms with Gasteiger partial charge in [0.05, 0.1) is 0 Å². The van der Waals surface area contributed by atoms with E-state index in [-0.39, 0.29) is 11.0 Å². The Bertz CT molecular complexity index is 456. The van der Waals surface area contributed by atoms with Crippen LogP contribution in [0.4, 0.5) is 0 Å². The maximum absolute atomic E-state index is 11.8. The average molecular weight is 203 g/mol. The highest BCUT2D eigenvalue weighted by Crippen LogP contribution is 2.42. The lowest BCUT2D eigenvalue weighted by atomic mass is 9.70. The van der Waals surface area contributed by atoms with Crippen molar-refractivity contribution in [1.29, 1.82) is 0 Å². The van der Waals surface area contributed by atoms with Gasteiger partial charge in [-0.05, 0) is 37.7 Å². The molecule has 1 aliphatic heterocycles. The van der Waals surface area contributed by atoms with Gasteiger partial charge >= 0.3 is 0 Å². The lowest BCUT2D eigenvalue weighted by Crippen LogP contribution is -2.40. The Morgan fingerprint density at radius 1 is 1.27 bits per heavy atom. The third-order valence-corrected chi connectivity index (χ3v) is 4.12. The summed E-state index contributed by atoms with van der Waals surface area (Å²) in [5.41, 5.74) is 3.25. The van der Waals surface area contributed by atoms with E-state index < -0.39 is 0 Å². The van der Waals surface area contributed by atoms with E-state index in [0.29, 0.717) is 0 Å². The maximum Gasteiger partial charge on any atom is 0.250 e. The molecule has 1 aromatic heterocycles. The van der Waals surface area contributed by atoms with Crippen LogP contribution in [0.5, 0.6) is 0 Å². The Morgan fingerprint density at radius 2 is 2.07 bits per heavy atom. The number of aromatic nitrogens is 1. The molecule has 1 atom stereocenters. The van der Waals surface area contributed by atoms with Crippen LogP contribution in [0, 0.1) is 0 Å². The number of hydrogen-bond acceptors (Lipinski definition) is 1. The van der Waals surface area contributed by atoms with Crippen molar-refractivity contribution in [2.75, 3.05) is 0 Å². The topological polar surface area (TPSA) is 22.0 Å². The predicted octanol–water partition coefficient (Wildman–Crippen LogP) is 2.24. The molecule has 2 aliphatic rings. The van der Waals surface area contributed by atoms with E-state index >= 15 is 0 Å². The van der Waals surface area contributed by atoms with E-state index in [9.17, 15) is 4.79 Å². The van der Waals surface area contributed by atoms with E-state index in [1.165, 1.54) is 30.5 Å². The summed E-state index contributed by atoms with van der Waals surface area (Å²) in [7, 11) is 0. The molecule has 1 unspecified atom stereocenters. The van der Waals surface area contributed by atoms with Gasteiger partial charge in [-0.15, -0.1) is 0 Å². The van der Waals surface area contributed by atoms with Crippen LogP contribution >= 0.6 is 0 Å². The van der Waals surface area contributed by atoms with Crippen molar-refractivity contribution in [2.24, 2.45) is 0 Å². The van der Waals surface area contributed by atoms with Crippen molar-refractivity contribution >= 4 is 0 Å². The molecule has 0 N–H and O–H groups in total. The van der Waals surface area contributed by atoms with Crippen LogP contribution in [-0.4, -0.2) is 4.57 Å². The highest BCUT2D eigenvalue weighted by molar-refractivity contribution is 5.32. The predicted molar refractivity (Wildman–Crippen MR) is 60.2 cm³/mol. The van der Waals surface area contributed by atoms with Crippen molar-refractivity contribution in [3.05, 3.63) is 33.7 Å². The summed E-state index contributed by atoms with van der Waals surface area (Å²) < 4.78 is 2.03. The van der Waals surface area contributed by atoms with Gasteiger partial charge in [0.1, 0.15) is 0 Å². The second kappa shape index (κ2) is 2.97. The molecule has 15 heavy (non-hydrogen) atoms. The summed E-state index contributed by atoms with van der Waals surface area (Å²) in [6.45, 7) is 3.26. The molecule has 80 valence electrons. The quantitative estimate of drug-likeness (QED) is 0.634. The molecule has 0 radical (unpaired) electrons. The molecule has 0 aromatic carbocycles. The molecular weight excluding hydrogens is 186 g/mol. The summed E-state index contributed by atoms with van der Waals surface area (Å²) in [6.07, 6.45) is 6.10. The van der Waals surface area contributed by atoms with E-state index in [1.54, 1.807) is 6.07 Å². The minimum atomic E-state index is 0.196. The zero-order chi connectivity index (χ0) is 10.5. The number of nitrogens with zero attached hydrogens (tertiary/aromatic N) is 1. The third-order valence-electron chi connectivity index (χ3n) is 4.12. The van der Waals surface area contributed by atoms with Crippen LogP contribution < -0.4 is 5.56 Å². The first-order valence-electron chi connectivity index (χ1n) is 5.94. The van der Waals surface area contributed by atoms with Crippen molar-refractivity contribution < 1.29 is 0 Å². The molecule has 3 rings (SSSR count). The highest BCUT2D eigenvalue weighted by Gasteiger charge is 2.36. The van der Waals surface area contributed by atoms with Crippen LogP contribution in [0.25, 0.3) is 0 Å². The average Bonchev–Trinajstić information content (AvgIpc) is 2.23. The Labute approximate surface area is 89.9 Å². The maximum atomic E-state index is 11.8. The van der Waals surface area contributed by atoms with Gasteiger partial charge in [-0.3, -0.25) is 4.79 Å². The first kappa shape index (κ1) is 9.20. The Morgan fingerprint density at radius 3 is 2.93 bits per heavy atom. The highest BCUT2D eigenvalue weighted by atomic mass is 16.1. The molecule has 2 heteroatoms. The van der Waals surface area contributed by atoms with Gasteiger partial charge in [0, 0.05) is 23.7 Å². The van der Waals surface area contributed by atoms with Crippen molar-refractivity contribution in [3.8, 4) is 0 Å². The normalized spacial score (nSPS) is 28.6. The van der Waals surface area contributed by atoms with Gasteiger partial charge in [-0.1, -0.05) is 13.0 Å². The standard InChI is InChI=1S/C13H17NO/c1-13-7-2-4-10-5-6-11(15)14(12(10)13)9-3-8-13/h5-6H,2-4,7-9H2,1H3. The third kappa shape index (κ3) is 1.20. The Balaban J connectivity index is 2.33. The molecule has 0 saturated heterocycles. The summed E-state index contributed by atoms with van der Waals surface area (Å²) in [5, 5.41) is 0. The van der Waals surface area contributed by atoms with Crippen LogP contribution in [0.3, 0.4) is 0 Å². The Hall–Kier alpha value is -1.05. The monoisotopic (exact) mass is 203 g/mol. The van der Waals surface area contributed by atoms with E-state index in [0.717, 1.165) is 19.4 Å². The molecule has 2 nitrogen and oxygen atoms in total. The van der Waals surface area contributed by atoms with Gasteiger partial charge < -0.3 is 4.57 Å². The number of hydrogen-bond donors (Lipinski definition) is 0. The van der Waals surface area contributed by atoms with Crippen LogP contribution in [-0.2, 0) is 18.4 Å². The summed E-state index contributed by atoms with van der Waals surface area (Å²) in [5.74, 6) is 0. The minimum Gasteiger partial charge on any atom is -0.312 e.